The molecule has 176 valence electrons. The Morgan fingerprint density at radius 3 is 2.56 bits per heavy atom. The van der Waals surface area contributed by atoms with Gasteiger partial charge >= 0.3 is 6.61 Å². The fraction of sp³-hybridized carbons (Fsp3) is 0.526. The number of anilines is 2. The molecule has 0 bridgehead atoms. The molecule has 1 saturated carbocycles. The van der Waals surface area contributed by atoms with Crippen LogP contribution in [0, 0.1) is 0 Å². The van der Waals surface area contributed by atoms with Gasteiger partial charge in [0.1, 0.15) is 6.61 Å². The lowest BCUT2D eigenvalue weighted by Gasteiger charge is -2.29. The van der Waals surface area contributed by atoms with E-state index in [0.29, 0.717) is 12.8 Å². The largest absolute Gasteiger partial charge is 0.433 e. The molecule has 3 rings (SSSR count). The minimum atomic E-state index is -3.22. The predicted octanol–water partition coefficient (Wildman–Crippen LogP) is 1.17. The van der Waals surface area contributed by atoms with E-state index in [1.165, 1.54) is 17.0 Å². The first-order valence-corrected chi connectivity index (χ1v) is 9.78. The highest BCUT2D eigenvalue weighted by Gasteiger charge is 2.41. The standard InChI is InChI=1S/C19H22F4N4O5/c20-14(21)8-27(11-2-3-11)16(17(24)29)18(30)25-10-1-4-12(13(7-10)32-19(22)23)26-5-6-31-9-15(26)28/h1,4,7,11,14,16,19H,2-3,5-6,8-9H2,(H2,24,29)(H,25,30)/t16-/m1/s1. The van der Waals surface area contributed by atoms with Crippen LogP contribution in [0.15, 0.2) is 18.2 Å². The highest BCUT2D eigenvalue weighted by molar-refractivity contribution is 6.10. The summed E-state index contributed by atoms with van der Waals surface area (Å²) in [5.41, 5.74) is 5.29. The summed E-state index contributed by atoms with van der Waals surface area (Å²) in [4.78, 5) is 38.9. The van der Waals surface area contributed by atoms with Gasteiger partial charge in [-0.25, -0.2) is 8.78 Å². The topological polar surface area (TPSA) is 114 Å². The maximum atomic E-state index is 13.0. The number of nitrogens with zero attached hydrogens (tertiary/aromatic N) is 2. The van der Waals surface area contributed by atoms with E-state index in [2.05, 4.69) is 10.1 Å². The first kappa shape index (κ1) is 23.7. The van der Waals surface area contributed by atoms with Crippen LogP contribution in [-0.2, 0) is 19.1 Å². The molecule has 0 unspecified atom stereocenters. The van der Waals surface area contributed by atoms with Crippen molar-refractivity contribution in [1.29, 1.82) is 0 Å². The number of amides is 3. The van der Waals surface area contributed by atoms with Gasteiger partial charge in [0.2, 0.25) is 5.91 Å². The molecule has 1 aromatic rings. The van der Waals surface area contributed by atoms with Crippen LogP contribution in [0.4, 0.5) is 28.9 Å². The molecule has 1 saturated heterocycles. The Bertz CT molecular complexity index is 868. The number of alkyl halides is 4. The molecule has 0 aromatic heterocycles. The van der Waals surface area contributed by atoms with Gasteiger partial charge in [-0.05, 0) is 25.0 Å². The monoisotopic (exact) mass is 462 g/mol. The van der Waals surface area contributed by atoms with Gasteiger partial charge in [0.25, 0.3) is 18.2 Å². The zero-order chi connectivity index (χ0) is 23.4. The van der Waals surface area contributed by atoms with Gasteiger partial charge < -0.3 is 25.4 Å². The Morgan fingerprint density at radius 1 is 1.28 bits per heavy atom. The van der Waals surface area contributed by atoms with Crippen LogP contribution >= 0.6 is 0 Å². The molecular weight excluding hydrogens is 440 g/mol. The maximum Gasteiger partial charge on any atom is 0.387 e. The molecule has 1 aliphatic carbocycles. The van der Waals surface area contributed by atoms with Crippen LogP contribution in [0.3, 0.4) is 0 Å². The summed E-state index contributed by atoms with van der Waals surface area (Å²) in [6, 6.07) is 1.60. The highest BCUT2D eigenvalue weighted by atomic mass is 19.3. The van der Waals surface area contributed by atoms with Gasteiger partial charge in [-0.2, -0.15) is 8.78 Å². The van der Waals surface area contributed by atoms with Crippen molar-refractivity contribution in [2.45, 2.75) is 38.0 Å². The summed E-state index contributed by atoms with van der Waals surface area (Å²) in [5.74, 6) is -2.96. The molecule has 1 heterocycles. The van der Waals surface area contributed by atoms with Crippen molar-refractivity contribution in [2.75, 3.05) is 36.5 Å². The highest BCUT2D eigenvalue weighted by Crippen LogP contribution is 2.34. The summed E-state index contributed by atoms with van der Waals surface area (Å²) >= 11 is 0. The number of rotatable bonds is 10. The molecule has 32 heavy (non-hydrogen) atoms. The fourth-order valence-corrected chi connectivity index (χ4v) is 3.46. The summed E-state index contributed by atoms with van der Waals surface area (Å²) in [6.45, 7) is -3.96. The minimum Gasteiger partial charge on any atom is -0.433 e. The lowest BCUT2D eigenvalue weighted by molar-refractivity contribution is -0.133. The molecule has 1 aromatic carbocycles. The number of ether oxygens (including phenoxy) is 2. The number of benzene rings is 1. The third-order valence-corrected chi connectivity index (χ3v) is 4.93. The third-order valence-electron chi connectivity index (χ3n) is 4.93. The predicted molar refractivity (Wildman–Crippen MR) is 104 cm³/mol. The first-order valence-electron chi connectivity index (χ1n) is 9.78. The van der Waals surface area contributed by atoms with Crippen LogP contribution in [0.5, 0.6) is 5.75 Å². The van der Waals surface area contributed by atoms with Crippen molar-refractivity contribution in [2.24, 2.45) is 5.73 Å². The number of primary amides is 1. The first-order chi connectivity index (χ1) is 15.2. The van der Waals surface area contributed by atoms with E-state index in [0.717, 1.165) is 11.0 Å². The number of hydrogen-bond donors (Lipinski definition) is 2. The second kappa shape index (κ2) is 10.1. The molecule has 0 radical (unpaired) electrons. The molecule has 13 heteroatoms. The summed E-state index contributed by atoms with van der Waals surface area (Å²) in [5, 5.41) is 2.34. The number of nitrogens with one attached hydrogen (secondary N) is 1. The van der Waals surface area contributed by atoms with Crippen molar-refractivity contribution in [1.82, 2.24) is 4.90 Å². The Hall–Kier alpha value is -2.93. The molecule has 3 amide bonds. The van der Waals surface area contributed by atoms with E-state index in [1.54, 1.807) is 0 Å². The number of halogens is 4. The Balaban J connectivity index is 1.84. The van der Waals surface area contributed by atoms with E-state index in [4.69, 9.17) is 10.5 Å². The van der Waals surface area contributed by atoms with Crippen LogP contribution in [0.1, 0.15) is 12.8 Å². The van der Waals surface area contributed by atoms with Gasteiger partial charge in [0.15, 0.2) is 11.8 Å². The molecule has 9 nitrogen and oxygen atoms in total. The lowest BCUT2D eigenvalue weighted by Crippen LogP contribution is -2.54. The van der Waals surface area contributed by atoms with Crippen LogP contribution in [-0.4, -0.2) is 74.0 Å². The van der Waals surface area contributed by atoms with Crippen molar-refractivity contribution < 1.29 is 41.4 Å². The van der Waals surface area contributed by atoms with Gasteiger partial charge in [0, 0.05) is 24.3 Å². The van der Waals surface area contributed by atoms with Gasteiger partial charge in [-0.1, -0.05) is 0 Å². The molecule has 2 fully saturated rings. The second-order valence-corrected chi connectivity index (χ2v) is 7.27. The normalized spacial score (nSPS) is 17.7. The van der Waals surface area contributed by atoms with Gasteiger partial charge in [-0.3, -0.25) is 19.3 Å². The SMILES string of the molecule is NC(=O)[C@H](C(=O)Nc1ccc(N2CCOCC2=O)c(OC(F)F)c1)N(CC(F)F)C1CC1. The number of hydrogen-bond acceptors (Lipinski definition) is 6. The smallest absolute Gasteiger partial charge is 0.387 e. The zero-order valence-electron chi connectivity index (χ0n) is 16.8. The molecular formula is C19H22F4N4O5. The van der Waals surface area contributed by atoms with Crippen molar-refractivity contribution in [3.05, 3.63) is 18.2 Å². The number of morpholine rings is 1. The Kier molecular flexibility index (Phi) is 7.51. The van der Waals surface area contributed by atoms with Gasteiger partial charge in [-0.15, -0.1) is 0 Å². The fourth-order valence-electron chi connectivity index (χ4n) is 3.46. The average molecular weight is 462 g/mol. The van der Waals surface area contributed by atoms with Crippen LogP contribution < -0.4 is 20.7 Å². The average Bonchev–Trinajstić information content (AvgIpc) is 3.52. The minimum absolute atomic E-state index is 0.0420. The van der Waals surface area contributed by atoms with Crippen molar-refractivity contribution in [3.8, 4) is 5.75 Å². The number of carbonyl (C=O) groups excluding carboxylic acids is 3. The van der Waals surface area contributed by atoms with E-state index in [-0.39, 0.29) is 37.2 Å². The summed E-state index contributed by atoms with van der Waals surface area (Å²) in [6.07, 6.45) is -1.71. The summed E-state index contributed by atoms with van der Waals surface area (Å²) in [7, 11) is 0. The molecule has 1 aliphatic heterocycles. The number of nitrogens with two attached hydrogens (primary N) is 1. The van der Waals surface area contributed by atoms with Crippen LogP contribution in [0.25, 0.3) is 0 Å². The summed E-state index contributed by atoms with van der Waals surface area (Å²) < 4.78 is 61.3. The van der Waals surface area contributed by atoms with E-state index < -0.39 is 49.1 Å². The quantitative estimate of drug-likeness (QED) is 0.399. The molecule has 0 spiro atoms. The molecule has 3 N–H and O–H groups in total. The van der Waals surface area contributed by atoms with Crippen LogP contribution in [0.2, 0.25) is 0 Å². The van der Waals surface area contributed by atoms with Crippen molar-refractivity contribution >= 4 is 29.1 Å². The van der Waals surface area contributed by atoms with E-state index >= 15 is 0 Å². The Labute approximate surface area is 180 Å². The Morgan fingerprint density at radius 2 is 2.00 bits per heavy atom. The van der Waals surface area contributed by atoms with Crippen molar-refractivity contribution in [3.63, 3.8) is 0 Å². The maximum absolute atomic E-state index is 13.0. The van der Waals surface area contributed by atoms with E-state index in [1.807, 2.05) is 0 Å². The molecule has 1 atom stereocenters. The molecule has 2 aliphatic rings. The zero-order valence-corrected chi connectivity index (χ0v) is 16.8. The third kappa shape index (κ3) is 5.85. The lowest BCUT2D eigenvalue weighted by atomic mass is 10.1. The van der Waals surface area contributed by atoms with Gasteiger partial charge in [0.05, 0.1) is 18.8 Å². The second-order valence-electron chi connectivity index (χ2n) is 7.27. The number of carbonyl (C=O) groups is 3. The van der Waals surface area contributed by atoms with E-state index in [9.17, 15) is 31.9 Å².